The fourth-order valence-electron chi connectivity index (χ4n) is 2.04. The zero-order valence-corrected chi connectivity index (χ0v) is 11.2. The van der Waals surface area contributed by atoms with Crippen LogP contribution in [0.1, 0.15) is 31.4 Å². The van der Waals surface area contributed by atoms with E-state index in [-0.39, 0.29) is 0 Å². The smallest absolute Gasteiger partial charge is 0.0771 e. The van der Waals surface area contributed by atoms with Gasteiger partial charge in [-0.15, -0.1) is 0 Å². The molecule has 0 bridgehead atoms. The van der Waals surface area contributed by atoms with E-state index in [9.17, 15) is 0 Å². The van der Waals surface area contributed by atoms with Gasteiger partial charge in [-0.2, -0.15) is 11.3 Å². The van der Waals surface area contributed by atoms with Crippen molar-refractivity contribution in [1.82, 2.24) is 5.32 Å². The Labute approximate surface area is 103 Å². The van der Waals surface area contributed by atoms with Gasteiger partial charge in [-0.1, -0.05) is 6.92 Å². The molecule has 2 rings (SSSR count). The number of thiophene rings is 1. The molecule has 1 N–H and O–H groups in total. The Hall–Kier alpha value is 0.1000. The summed E-state index contributed by atoms with van der Waals surface area (Å²) in [7, 11) is 0. The van der Waals surface area contributed by atoms with Crippen molar-refractivity contribution in [2.45, 2.75) is 31.9 Å². The Kier molecular flexibility index (Phi) is 4.20. The average Bonchev–Trinajstić information content (AvgIpc) is 2.85. The molecule has 0 saturated carbocycles. The molecule has 1 aromatic rings. The van der Waals surface area contributed by atoms with Crippen LogP contribution in [-0.4, -0.2) is 19.3 Å². The van der Waals surface area contributed by atoms with Gasteiger partial charge in [-0.05, 0) is 46.3 Å². The summed E-state index contributed by atoms with van der Waals surface area (Å²) >= 11 is 5.34. The van der Waals surface area contributed by atoms with Gasteiger partial charge in [0.15, 0.2) is 0 Å². The molecular weight excluding hydrogens is 274 g/mol. The molecule has 1 aromatic heterocycles. The molecule has 1 fully saturated rings. The van der Waals surface area contributed by atoms with E-state index in [2.05, 4.69) is 38.9 Å². The summed E-state index contributed by atoms with van der Waals surface area (Å²) in [5, 5.41) is 7.86. The first-order chi connectivity index (χ1) is 7.33. The molecule has 0 aromatic carbocycles. The summed E-state index contributed by atoms with van der Waals surface area (Å²) in [5.74, 6) is 0. The van der Waals surface area contributed by atoms with Crippen LogP contribution in [-0.2, 0) is 4.74 Å². The maximum Gasteiger partial charge on any atom is 0.0771 e. The maximum atomic E-state index is 5.77. The van der Waals surface area contributed by atoms with Crippen molar-refractivity contribution in [2.75, 3.05) is 13.2 Å². The van der Waals surface area contributed by atoms with Crippen molar-refractivity contribution >= 4 is 27.3 Å². The van der Waals surface area contributed by atoms with Crippen LogP contribution in [0.3, 0.4) is 0 Å². The number of rotatable bonds is 4. The van der Waals surface area contributed by atoms with Gasteiger partial charge in [0, 0.05) is 16.5 Å². The minimum absolute atomic E-state index is 0.343. The number of nitrogens with one attached hydrogen (secondary N) is 1. The quantitative estimate of drug-likeness (QED) is 0.918. The van der Waals surface area contributed by atoms with E-state index < -0.39 is 0 Å². The lowest BCUT2D eigenvalue weighted by Crippen LogP contribution is -2.31. The highest BCUT2D eigenvalue weighted by atomic mass is 79.9. The van der Waals surface area contributed by atoms with Gasteiger partial charge < -0.3 is 10.1 Å². The second-order valence-electron chi connectivity index (χ2n) is 3.76. The number of halogens is 1. The van der Waals surface area contributed by atoms with Crippen molar-refractivity contribution in [1.29, 1.82) is 0 Å². The number of hydrogen-bond acceptors (Lipinski definition) is 3. The third kappa shape index (κ3) is 2.61. The first-order valence-electron chi connectivity index (χ1n) is 5.39. The average molecular weight is 290 g/mol. The third-order valence-electron chi connectivity index (χ3n) is 2.74. The molecule has 0 amide bonds. The Morgan fingerprint density at radius 3 is 3.07 bits per heavy atom. The maximum absolute atomic E-state index is 5.77. The van der Waals surface area contributed by atoms with Gasteiger partial charge in [0.05, 0.1) is 12.1 Å². The van der Waals surface area contributed by atoms with Crippen LogP contribution in [0.4, 0.5) is 0 Å². The molecule has 2 heterocycles. The summed E-state index contributed by atoms with van der Waals surface area (Å²) in [6.45, 7) is 4.03. The molecular formula is C11H16BrNOS. The first-order valence-corrected chi connectivity index (χ1v) is 7.13. The van der Waals surface area contributed by atoms with Gasteiger partial charge in [-0.25, -0.2) is 0 Å². The van der Waals surface area contributed by atoms with Crippen LogP contribution in [0, 0.1) is 0 Å². The topological polar surface area (TPSA) is 21.3 Å². The summed E-state index contributed by atoms with van der Waals surface area (Å²) in [6.07, 6.45) is 2.70. The van der Waals surface area contributed by atoms with Crippen molar-refractivity contribution in [3.05, 3.63) is 20.8 Å². The SMILES string of the molecule is CCNC(c1cscc1Br)C1CCCO1. The predicted molar refractivity (Wildman–Crippen MR) is 67.4 cm³/mol. The molecule has 0 spiro atoms. The molecule has 84 valence electrons. The van der Waals surface area contributed by atoms with Gasteiger partial charge >= 0.3 is 0 Å². The Morgan fingerprint density at radius 2 is 2.53 bits per heavy atom. The summed E-state index contributed by atoms with van der Waals surface area (Å²) < 4.78 is 6.97. The van der Waals surface area contributed by atoms with E-state index in [4.69, 9.17) is 4.74 Å². The predicted octanol–water partition coefficient (Wildman–Crippen LogP) is 3.34. The molecule has 2 unspecified atom stereocenters. The summed E-state index contributed by atoms with van der Waals surface area (Å²) in [5.41, 5.74) is 1.34. The zero-order chi connectivity index (χ0) is 10.7. The fourth-order valence-corrected chi connectivity index (χ4v) is 3.62. The second kappa shape index (κ2) is 5.43. The fraction of sp³-hybridized carbons (Fsp3) is 0.636. The third-order valence-corrected chi connectivity index (χ3v) is 4.49. The van der Waals surface area contributed by atoms with Crippen LogP contribution in [0.15, 0.2) is 15.2 Å². The highest BCUT2D eigenvalue weighted by Crippen LogP contribution is 2.33. The molecule has 15 heavy (non-hydrogen) atoms. The Bertz CT molecular complexity index is 309. The van der Waals surface area contributed by atoms with Gasteiger partial charge in [0.25, 0.3) is 0 Å². The van der Waals surface area contributed by atoms with E-state index >= 15 is 0 Å². The van der Waals surface area contributed by atoms with Gasteiger partial charge in [0.1, 0.15) is 0 Å². The normalized spacial score (nSPS) is 23.2. The van der Waals surface area contributed by atoms with Gasteiger partial charge in [-0.3, -0.25) is 0 Å². The monoisotopic (exact) mass is 289 g/mol. The zero-order valence-electron chi connectivity index (χ0n) is 8.83. The number of likely N-dealkylation sites (N-methyl/N-ethyl adjacent to an activating group) is 1. The first kappa shape index (κ1) is 11.6. The summed E-state index contributed by atoms with van der Waals surface area (Å²) in [4.78, 5) is 0. The standard InChI is InChI=1S/C11H16BrNOS/c1-2-13-11(10-4-3-5-14-10)8-6-15-7-9(8)12/h6-7,10-11,13H,2-5H2,1H3. The van der Waals surface area contributed by atoms with Crippen LogP contribution >= 0.6 is 27.3 Å². The van der Waals surface area contributed by atoms with Crippen LogP contribution in [0.25, 0.3) is 0 Å². The molecule has 0 radical (unpaired) electrons. The highest BCUT2D eigenvalue weighted by molar-refractivity contribution is 9.10. The van der Waals surface area contributed by atoms with Crippen LogP contribution in [0.2, 0.25) is 0 Å². The number of ether oxygens (including phenoxy) is 1. The van der Waals surface area contributed by atoms with Crippen molar-refractivity contribution < 1.29 is 4.74 Å². The lowest BCUT2D eigenvalue weighted by Gasteiger charge is -2.23. The molecule has 1 aliphatic rings. The van der Waals surface area contributed by atoms with E-state index in [1.54, 1.807) is 11.3 Å². The minimum atomic E-state index is 0.343. The van der Waals surface area contributed by atoms with E-state index in [1.807, 2.05) is 0 Å². The molecule has 0 aliphatic carbocycles. The summed E-state index contributed by atoms with van der Waals surface area (Å²) in [6, 6.07) is 0.345. The van der Waals surface area contributed by atoms with E-state index in [0.717, 1.165) is 13.2 Å². The van der Waals surface area contributed by atoms with Crippen molar-refractivity contribution in [2.24, 2.45) is 0 Å². The molecule has 1 saturated heterocycles. The Morgan fingerprint density at radius 1 is 1.67 bits per heavy atom. The largest absolute Gasteiger partial charge is 0.376 e. The van der Waals surface area contributed by atoms with Gasteiger partial charge in [0.2, 0.25) is 0 Å². The van der Waals surface area contributed by atoms with Crippen molar-refractivity contribution in [3.63, 3.8) is 0 Å². The molecule has 1 aliphatic heterocycles. The van der Waals surface area contributed by atoms with E-state index in [1.165, 1.54) is 22.9 Å². The van der Waals surface area contributed by atoms with E-state index in [0.29, 0.717) is 12.1 Å². The molecule has 2 nitrogen and oxygen atoms in total. The second-order valence-corrected chi connectivity index (χ2v) is 5.36. The van der Waals surface area contributed by atoms with Crippen LogP contribution in [0.5, 0.6) is 0 Å². The lowest BCUT2D eigenvalue weighted by atomic mass is 10.0. The number of hydrogen-bond donors (Lipinski definition) is 1. The minimum Gasteiger partial charge on any atom is -0.376 e. The Balaban J connectivity index is 2.15. The highest BCUT2D eigenvalue weighted by Gasteiger charge is 2.28. The van der Waals surface area contributed by atoms with Crippen LogP contribution < -0.4 is 5.32 Å². The van der Waals surface area contributed by atoms with Crippen molar-refractivity contribution in [3.8, 4) is 0 Å². The molecule has 4 heteroatoms. The lowest BCUT2D eigenvalue weighted by molar-refractivity contribution is 0.0787. The molecule has 2 atom stereocenters.